The number of ether oxygens (including phenoxy) is 2. The van der Waals surface area contributed by atoms with Gasteiger partial charge in [-0.15, -0.1) is 11.3 Å². The molecule has 2 aromatic carbocycles. The standard InChI is InChI=1S/C21H20N2O3S/c1-14-23-17(13-27-14)12-25-18-7-4-6-16(10-18)21(24)22-11-19-9-15-5-2-3-8-20(15)26-19/h2-8,10,13,19H,9,11-12H2,1H3,(H,22,24). The smallest absolute Gasteiger partial charge is 0.251 e. The normalized spacial score (nSPS) is 15.1. The van der Waals surface area contributed by atoms with Gasteiger partial charge in [0, 0.05) is 17.4 Å². The molecule has 3 aromatic rings. The molecule has 0 saturated carbocycles. The van der Waals surface area contributed by atoms with Crippen molar-refractivity contribution in [3.05, 3.63) is 75.7 Å². The van der Waals surface area contributed by atoms with E-state index < -0.39 is 0 Å². The number of aromatic nitrogens is 1. The van der Waals surface area contributed by atoms with Gasteiger partial charge < -0.3 is 14.8 Å². The molecule has 6 heteroatoms. The number of nitrogens with zero attached hydrogens (tertiary/aromatic N) is 1. The Balaban J connectivity index is 1.31. The summed E-state index contributed by atoms with van der Waals surface area (Å²) in [5.74, 6) is 1.42. The predicted molar refractivity (Wildman–Crippen MR) is 105 cm³/mol. The molecule has 0 saturated heterocycles. The van der Waals surface area contributed by atoms with E-state index in [1.165, 1.54) is 5.56 Å². The quantitative estimate of drug-likeness (QED) is 0.707. The van der Waals surface area contributed by atoms with Gasteiger partial charge in [-0.05, 0) is 36.8 Å². The second kappa shape index (κ2) is 7.80. The summed E-state index contributed by atoms with van der Waals surface area (Å²) in [5, 5.41) is 5.94. The van der Waals surface area contributed by atoms with Crippen molar-refractivity contribution in [2.45, 2.75) is 26.1 Å². The van der Waals surface area contributed by atoms with Crippen molar-refractivity contribution >= 4 is 17.2 Å². The Labute approximate surface area is 162 Å². The van der Waals surface area contributed by atoms with Crippen molar-refractivity contribution in [1.29, 1.82) is 0 Å². The number of aryl methyl sites for hydroxylation is 1. The highest BCUT2D eigenvalue weighted by molar-refractivity contribution is 7.09. The van der Waals surface area contributed by atoms with Crippen LogP contribution in [0.1, 0.15) is 26.6 Å². The number of rotatable bonds is 6. The third-order valence-corrected chi connectivity index (χ3v) is 5.18. The van der Waals surface area contributed by atoms with E-state index in [-0.39, 0.29) is 12.0 Å². The summed E-state index contributed by atoms with van der Waals surface area (Å²) in [5.41, 5.74) is 2.65. The Bertz CT molecular complexity index is 929. The van der Waals surface area contributed by atoms with Crippen molar-refractivity contribution < 1.29 is 14.3 Å². The molecule has 1 aliphatic heterocycles. The van der Waals surface area contributed by atoms with Gasteiger partial charge in [0.2, 0.25) is 0 Å². The number of nitrogens with one attached hydrogen (secondary N) is 1. The van der Waals surface area contributed by atoms with Gasteiger partial charge in [0.15, 0.2) is 0 Å². The van der Waals surface area contributed by atoms with Crippen molar-refractivity contribution in [3.8, 4) is 11.5 Å². The first-order chi connectivity index (χ1) is 13.2. The van der Waals surface area contributed by atoms with Crippen molar-refractivity contribution in [1.82, 2.24) is 10.3 Å². The average Bonchev–Trinajstić information content (AvgIpc) is 3.30. The molecule has 138 valence electrons. The van der Waals surface area contributed by atoms with E-state index >= 15 is 0 Å². The number of hydrogen-bond acceptors (Lipinski definition) is 5. The number of fused-ring (bicyclic) bond motifs is 1. The Morgan fingerprint density at radius 3 is 3.00 bits per heavy atom. The van der Waals surface area contributed by atoms with E-state index in [9.17, 15) is 4.79 Å². The molecule has 0 fully saturated rings. The van der Waals surface area contributed by atoms with Gasteiger partial charge >= 0.3 is 0 Å². The fourth-order valence-corrected chi connectivity index (χ4v) is 3.63. The molecule has 5 nitrogen and oxygen atoms in total. The summed E-state index contributed by atoms with van der Waals surface area (Å²) in [6.07, 6.45) is 0.783. The number of thiazole rings is 1. The third kappa shape index (κ3) is 4.28. The van der Waals surface area contributed by atoms with E-state index in [0.29, 0.717) is 24.5 Å². The first-order valence-corrected chi connectivity index (χ1v) is 9.72. The number of para-hydroxylation sites is 1. The predicted octanol–water partition coefficient (Wildman–Crippen LogP) is 3.76. The number of benzene rings is 2. The first kappa shape index (κ1) is 17.5. The van der Waals surface area contributed by atoms with Crippen molar-refractivity contribution in [3.63, 3.8) is 0 Å². The fraction of sp³-hybridized carbons (Fsp3) is 0.238. The molecule has 1 unspecified atom stereocenters. The molecule has 1 amide bonds. The van der Waals surface area contributed by atoms with Crippen LogP contribution in [0.15, 0.2) is 53.9 Å². The molecule has 2 heterocycles. The van der Waals surface area contributed by atoms with E-state index in [0.717, 1.165) is 22.9 Å². The Hall–Kier alpha value is -2.86. The average molecular weight is 380 g/mol. The summed E-state index contributed by atoms with van der Waals surface area (Å²) in [6.45, 7) is 2.83. The maximum absolute atomic E-state index is 12.5. The fourth-order valence-electron chi connectivity index (χ4n) is 3.04. The lowest BCUT2D eigenvalue weighted by molar-refractivity contribution is 0.0933. The van der Waals surface area contributed by atoms with Crippen molar-refractivity contribution in [2.75, 3.05) is 6.54 Å². The highest BCUT2D eigenvalue weighted by atomic mass is 32.1. The van der Waals surface area contributed by atoms with Gasteiger partial charge in [0.05, 0.1) is 17.2 Å². The third-order valence-electron chi connectivity index (χ3n) is 4.35. The number of hydrogen-bond donors (Lipinski definition) is 1. The van der Waals surface area contributed by atoms with Crippen LogP contribution < -0.4 is 14.8 Å². The van der Waals surface area contributed by atoms with Crippen LogP contribution in [0.2, 0.25) is 0 Å². The van der Waals surface area contributed by atoms with Crippen LogP contribution in [-0.2, 0) is 13.0 Å². The van der Waals surface area contributed by atoms with Crippen LogP contribution in [0, 0.1) is 6.92 Å². The number of carbonyl (C=O) groups excluding carboxylic acids is 1. The molecular weight excluding hydrogens is 360 g/mol. The summed E-state index contributed by atoms with van der Waals surface area (Å²) in [6, 6.07) is 15.2. The second-order valence-corrected chi connectivity index (χ2v) is 7.50. The zero-order valence-electron chi connectivity index (χ0n) is 15.0. The Morgan fingerprint density at radius 2 is 2.19 bits per heavy atom. The summed E-state index contributed by atoms with van der Waals surface area (Å²) in [4.78, 5) is 16.8. The minimum Gasteiger partial charge on any atom is -0.488 e. The minimum atomic E-state index is -0.135. The van der Waals surface area contributed by atoms with Crippen LogP contribution in [0.25, 0.3) is 0 Å². The number of carbonyl (C=O) groups is 1. The molecule has 27 heavy (non-hydrogen) atoms. The molecule has 0 aliphatic carbocycles. The van der Waals surface area contributed by atoms with Gasteiger partial charge in [0.1, 0.15) is 24.2 Å². The number of amides is 1. The zero-order chi connectivity index (χ0) is 18.6. The van der Waals surface area contributed by atoms with Crippen LogP contribution in [0.4, 0.5) is 0 Å². The van der Waals surface area contributed by atoms with Gasteiger partial charge in [0.25, 0.3) is 5.91 Å². The highest BCUT2D eigenvalue weighted by Crippen LogP contribution is 2.27. The topological polar surface area (TPSA) is 60.5 Å². The Kier molecular flexibility index (Phi) is 5.07. The lowest BCUT2D eigenvalue weighted by atomic mass is 10.1. The van der Waals surface area contributed by atoms with Gasteiger partial charge in [-0.25, -0.2) is 4.98 Å². The molecule has 1 aliphatic rings. The molecule has 1 atom stereocenters. The molecule has 1 N–H and O–H groups in total. The van der Waals surface area contributed by atoms with Crippen LogP contribution in [0.5, 0.6) is 11.5 Å². The van der Waals surface area contributed by atoms with Gasteiger partial charge in [-0.1, -0.05) is 24.3 Å². The summed E-state index contributed by atoms with van der Waals surface area (Å²) >= 11 is 1.59. The van der Waals surface area contributed by atoms with Gasteiger partial charge in [-0.3, -0.25) is 4.79 Å². The molecule has 4 rings (SSSR count). The van der Waals surface area contributed by atoms with Crippen LogP contribution in [-0.4, -0.2) is 23.5 Å². The van der Waals surface area contributed by atoms with Crippen LogP contribution >= 0.6 is 11.3 Å². The van der Waals surface area contributed by atoms with Crippen LogP contribution in [0.3, 0.4) is 0 Å². The molecular formula is C21H20N2O3S. The molecule has 0 bridgehead atoms. The second-order valence-electron chi connectivity index (χ2n) is 6.44. The minimum absolute atomic E-state index is 0.0290. The maximum atomic E-state index is 12.5. The lowest BCUT2D eigenvalue weighted by Gasteiger charge is -2.12. The Morgan fingerprint density at radius 1 is 1.30 bits per heavy atom. The SMILES string of the molecule is Cc1nc(COc2cccc(C(=O)NCC3Cc4ccccc4O3)c2)cs1. The summed E-state index contributed by atoms with van der Waals surface area (Å²) in [7, 11) is 0. The van der Waals surface area contributed by atoms with E-state index in [1.54, 1.807) is 23.5 Å². The largest absolute Gasteiger partial charge is 0.488 e. The van der Waals surface area contributed by atoms with E-state index in [4.69, 9.17) is 9.47 Å². The molecule has 0 spiro atoms. The lowest BCUT2D eigenvalue weighted by Crippen LogP contribution is -2.34. The summed E-state index contributed by atoms with van der Waals surface area (Å²) < 4.78 is 11.6. The molecule has 1 aromatic heterocycles. The monoisotopic (exact) mass is 380 g/mol. The van der Waals surface area contributed by atoms with Gasteiger partial charge in [-0.2, -0.15) is 0 Å². The van der Waals surface area contributed by atoms with E-state index in [2.05, 4.69) is 16.4 Å². The first-order valence-electron chi connectivity index (χ1n) is 8.84. The molecule has 0 radical (unpaired) electrons. The zero-order valence-corrected chi connectivity index (χ0v) is 15.8. The highest BCUT2D eigenvalue weighted by Gasteiger charge is 2.22. The maximum Gasteiger partial charge on any atom is 0.251 e. The van der Waals surface area contributed by atoms with E-state index in [1.807, 2.05) is 42.6 Å². The van der Waals surface area contributed by atoms with Crippen molar-refractivity contribution in [2.24, 2.45) is 0 Å².